The highest BCUT2D eigenvalue weighted by atomic mass is 16.2. The number of anilines is 2. The van der Waals surface area contributed by atoms with E-state index in [1.165, 1.54) is 5.56 Å². The van der Waals surface area contributed by atoms with Crippen molar-refractivity contribution in [3.63, 3.8) is 0 Å². The van der Waals surface area contributed by atoms with Crippen molar-refractivity contribution in [2.75, 3.05) is 16.8 Å². The zero-order valence-corrected chi connectivity index (χ0v) is 16.6. The summed E-state index contributed by atoms with van der Waals surface area (Å²) in [4.78, 5) is 26.3. The van der Waals surface area contributed by atoms with E-state index in [0.29, 0.717) is 6.54 Å². The van der Waals surface area contributed by atoms with Gasteiger partial charge < -0.3 is 10.2 Å². The largest absolute Gasteiger partial charge is 0.326 e. The summed E-state index contributed by atoms with van der Waals surface area (Å²) in [5.74, 6) is -0.146. The van der Waals surface area contributed by atoms with Crippen molar-refractivity contribution in [3.05, 3.63) is 58.1 Å². The SMILES string of the molecule is CC(=O)N(CCC(=O)Nc1cc(C)ccc1C)c1c(C)cc(C)cc1C. The van der Waals surface area contributed by atoms with Crippen LogP contribution in [0.2, 0.25) is 0 Å². The highest BCUT2D eigenvalue weighted by Crippen LogP contribution is 2.27. The van der Waals surface area contributed by atoms with Gasteiger partial charge in [0.2, 0.25) is 11.8 Å². The third-order valence-electron chi connectivity index (χ3n) is 4.52. The van der Waals surface area contributed by atoms with Crippen molar-refractivity contribution in [1.82, 2.24) is 0 Å². The van der Waals surface area contributed by atoms with E-state index in [4.69, 9.17) is 0 Å². The predicted octanol–water partition coefficient (Wildman–Crippen LogP) is 4.61. The first kappa shape index (κ1) is 19.7. The lowest BCUT2D eigenvalue weighted by atomic mass is 10.0. The van der Waals surface area contributed by atoms with Crippen LogP contribution in [-0.2, 0) is 9.59 Å². The van der Waals surface area contributed by atoms with Gasteiger partial charge in [0.25, 0.3) is 0 Å². The van der Waals surface area contributed by atoms with E-state index in [0.717, 1.165) is 33.6 Å². The Labute approximate surface area is 156 Å². The molecule has 0 atom stereocenters. The molecule has 0 spiro atoms. The molecule has 0 unspecified atom stereocenters. The van der Waals surface area contributed by atoms with E-state index in [1.54, 1.807) is 11.8 Å². The Morgan fingerprint density at radius 3 is 2.08 bits per heavy atom. The molecule has 0 radical (unpaired) electrons. The summed E-state index contributed by atoms with van der Waals surface area (Å²) >= 11 is 0. The quantitative estimate of drug-likeness (QED) is 0.854. The molecule has 0 aliphatic carbocycles. The number of carbonyl (C=O) groups is 2. The fraction of sp³-hybridized carbons (Fsp3) is 0.364. The average molecular weight is 352 g/mol. The van der Waals surface area contributed by atoms with Crippen LogP contribution in [-0.4, -0.2) is 18.4 Å². The number of hydrogen-bond donors (Lipinski definition) is 1. The van der Waals surface area contributed by atoms with Gasteiger partial charge in [-0.3, -0.25) is 9.59 Å². The molecule has 2 aromatic carbocycles. The molecule has 1 N–H and O–H groups in total. The summed E-state index contributed by atoms with van der Waals surface area (Å²) in [6.45, 7) is 11.9. The monoisotopic (exact) mass is 352 g/mol. The van der Waals surface area contributed by atoms with Crippen LogP contribution in [0.1, 0.15) is 41.2 Å². The number of nitrogens with one attached hydrogen (secondary N) is 1. The molecule has 0 aromatic heterocycles. The summed E-state index contributed by atoms with van der Waals surface area (Å²) in [6, 6.07) is 10.1. The van der Waals surface area contributed by atoms with Crippen molar-refractivity contribution < 1.29 is 9.59 Å². The van der Waals surface area contributed by atoms with Gasteiger partial charge in [-0.1, -0.05) is 29.8 Å². The molecule has 4 heteroatoms. The molecule has 0 fully saturated rings. The summed E-state index contributed by atoms with van der Waals surface area (Å²) in [5.41, 5.74) is 7.12. The Hall–Kier alpha value is -2.62. The summed E-state index contributed by atoms with van der Waals surface area (Å²) < 4.78 is 0. The molecule has 26 heavy (non-hydrogen) atoms. The first-order chi connectivity index (χ1) is 12.2. The van der Waals surface area contributed by atoms with Crippen molar-refractivity contribution in [2.24, 2.45) is 0 Å². The average Bonchev–Trinajstić information content (AvgIpc) is 2.52. The van der Waals surface area contributed by atoms with Gasteiger partial charge in [0.05, 0.1) is 0 Å². The van der Waals surface area contributed by atoms with Crippen LogP contribution in [0.15, 0.2) is 30.3 Å². The molecule has 0 aliphatic rings. The minimum Gasteiger partial charge on any atom is -0.326 e. The minimum absolute atomic E-state index is 0.0559. The molecule has 0 saturated carbocycles. The van der Waals surface area contributed by atoms with Crippen LogP contribution in [0.25, 0.3) is 0 Å². The van der Waals surface area contributed by atoms with Crippen LogP contribution >= 0.6 is 0 Å². The van der Waals surface area contributed by atoms with E-state index in [-0.39, 0.29) is 18.2 Å². The second-order valence-electron chi connectivity index (χ2n) is 7.03. The molecule has 138 valence electrons. The summed E-state index contributed by atoms with van der Waals surface area (Å²) in [7, 11) is 0. The molecule has 0 saturated heterocycles. The maximum Gasteiger partial charge on any atom is 0.226 e. The summed E-state index contributed by atoms with van der Waals surface area (Å²) in [6.07, 6.45) is 0.250. The van der Waals surface area contributed by atoms with Crippen LogP contribution in [0.4, 0.5) is 11.4 Å². The van der Waals surface area contributed by atoms with Gasteiger partial charge >= 0.3 is 0 Å². The van der Waals surface area contributed by atoms with Gasteiger partial charge in [-0.15, -0.1) is 0 Å². The fourth-order valence-corrected chi connectivity index (χ4v) is 3.32. The molecule has 2 rings (SSSR count). The first-order valence-electron chi connectivity index (χ1n) is 8.92. The third-order valence-corrected chi connectivity index (χ3v) is 4.52. The predicted molar refractivity (Wildman–Crippen MR) is 108 cm³/mol. The molecule has 0 heterocycles. The fourth-order valence-electron chi connectivity index (χ4n) is 3.32. The van der Waals surface area contributed by atoms with E-state index in [1.807, 2.05) is 52.8 Å². The van der Waals surface area contributed by atoms with Crippen LogP contribution in [0, 0.1) is 34.6 Å². The second-order valence-corrected chi connectivity index (χ2v) is 7.03. The zero-order chi connectivity index (χ0) is 19.4. The normalized spacial score (nSPS) is 10.5. The van der Waals surface area contributed by atoms with E-state index >= 15 is 0 Å². The van der Waals surface area contributed by atoms with Gasteiger partial charge in [0, 0.05) is 31.3 Å². The summed E-state index contributed by atoms with van der Waals surface area (Å²) in [5, 5.41) is 2.96. The Kier molecular flexibility index (Phi) is 6.19. The van der Waals surface area contributed by atoms with E-state index in [9.17, 15) is 9.59 Å². The number of aryl methyl sites for hydroxylation is 5. The molecule has 2 amide bonds. The van der Waals surface area contributed by atoms with E-state index in [2.05, 4.69) is 17.4 Å². The number of nitrogens with zero attached hydrogens (tertiary/aromatic N) is 1. The highest BCUT2D eigenvalue weighted by Gasteiger charge is 2.18. The molecule has 2 aromatic rings. The van der Waals surface area contributed by atoms with Gasteiger partial charge in [0.1, 0.15) is 0 Å². The third kappa shape index (κ3) is 4.72. The van der Waals surface area contributed by atoms with Gasteiger partial charge in [0.15, 0.2) is 0 Å². The standard InChI is InChI=1S/C22H28N2O2/c1-14-7-8-16(3)20(13-14)23-21(26)9-10-24(19(6)25)22-17(4)11-15(2)12-18(22)5/h7-8,11-13H,9-10H2,1-6H3,(H,23,26). The molecule has 0 aliphatic heterocycles. The minimum atomic E-state index is -0.0904. The number of benzene rings is 2. The topological polar surface area (TPSA) is 49.4 Å². The molecular weight excluding hydrogens is 324 g/mol. The van der Waals surface area contributed by atoms with Gasteiger partial charge in [-0.2, -0.15) is 0 Å². The first-order valence-corrected chi connectivity index (χ1v) is 8.92. The van der Waals surface area contributed by atoms with Crippen molar-refractivity contribution in [3.8, 4) is 0 Å². The van der Waals surface area contributed by atoms with Gasteiger partial charge in [-0.05, 0) is 62.9 Å². The Balaban J connectivity index is 2.13. The number of rotatable bonds is 5. The van der Waals surface area contributed by atoms with Crippen LogP contribution in [0.5, 0.6) is 0 Å². The van der Waals surface area contributed by atoms with Gasteiger partial charge in [-0.25, -0.2) is 0 Å². The maximum atomic E-state index is 12.4. The van der Waals surface area contributed by atoms with Crippen LogP contribution in [0.3, 0.4) is 0 Å². The number of amides is 2. The molecule has 0 bridgehead atoms. The Morgan fingerprint density at radius 1 is 0.885 bits per heavy atom. The Morgan fingerprint density at radius 2 is 1.50 bits per heavy atom. The van der Waals surface area contributed by atoms with Crippen molar-refractivity contribution in [1.29, 1.82) is 0 Å². The highest BCUT2D eigenvalue weighted by molar-refractivity contribution is 5.96. The number of carbonyl (C=O) groups excluding carboxylic acids is 2. The lowest BCUT2D eigenvalue weighted by molar-refractivity contribution is -0.117. The molecule has 4 nitrogen and oxygen atoms in total. The number of hydrogen-bond acceptors (Lipinski definition) is 2. The lowest BCUT2D eigenvalue weighted by Crippen LogP contribution is -2.33. The smallest absolute Gasteiger partial charge is 0.226 e. The van der Waals surface area contributed by atoms with Crippen molar-refractivity contribution >= 4 is 23.2 Å². The second kappa shape index (κ2) is 8.17. The van der Waals surface area contributed by atoms with E-state index < -0.39 is 0 Å². The maximum absolute atomic E-state index is 12.4. The van der Waals surface area contributed by atoms with Crippen molar-refractivity contribution in [2.45, 2.75) is 48.0 Å². The zero-order valence-electron chi connectivity index (χ0n) is 16.6. The van der Waals surface area contributed by atoms with Crippen LogP contribution < -0.4 is 10.2 Å². The molecular formula is C22H28N2O2. The lowest BCUT2D eigenvalue weighted by Gasteiger charge is -2.25. The Bertz CT molecular complexity index is 817.